The van der Waals surface area contributed by atoms with Crippen molar-refractivity contribution in [3.8, 4) is 0 Å². The maximum absolute atomic E-state index is 3.39. The van der Waals surface area contributed by atoms with Gasteiger partial charge in [0.15, 0.2) is 0 Å². The van der Waals surface area contributed by atoms with E-state index in [0.29, 0.717) is 0 Å². The molecule has 1 unspecified atom stereocenters. The van der Waals surface area contributed by atoms with Crippen LogP contribution in [0.15, 0.2) is 54.3 Å². The second-order valence-corrected chi connectivity index (χ2v) is 14.0. The van der Waals surface area contributed by atoms with E-state index >= 15 is 0 Å². The summed E-state index contributed by atoms with van der Waals surface area (Å²) < 4.78 is 0. The minimum absolute atomic E-state index is 0.976. The van der Waals surface area contributed by atoms with Crippen LogP contribution in [0.25, 0.3) is 0 Å². The van der Waals surface area contributed by atoms with Gasteiger partial charge in [0.25, 0.3) is 0 Å². The van der Waals surface area contributed by atoms with Gasteiger partial charge >= 0.3 is 0 Å². The van der Waals surface area contributed by atoms with Gasteiger partial charge < -0.3 is 4.90 Å². The standard InChI is InChI=1S/C44H81N/c1-5-7-9-11-13-15-17-19-21-23-25-27-29-31-33-36-40-44(42-38-35-39-43-45(3)4)41-37-34-32-30-28-26-24-22-20-18-16-14-12-10-8-6-2/h13-16,19-21,24,44H,5-12,17-18,23,25-43H2,1-4H3/b15-13-,16-14-,21-19-. The Morgan fingerprint density at radius 3 is 1.36 bits per heavy atom. The van der Waals surface area contributed by atoms with Crippen molar-refractivity contribution in [1.82, 2.24) is 4.90 Å². The fourth-order valence-electron chi connectivity index (χ4n) is 6.13. The summed E-state index contributed by atoms with van der Waals surface area (Å²) >= 11 is 0. The Morgan fingerprint density at radius 2 is 0.844 bits per heavy atom. The van der Waals surface area contributed by atoms with Gasteiger partial charge in [0.05, 0.1) is 0 Å². The zero-order valence-electron chi connectivity index (χ0n) is 31.4. The van der Waals surface area contributed by atoms with Crippen molar-refractivity contribution in [1.29, 1.82) is 0 Å². The predicted octanol–water partition coefficient (Wildman–Crippen LogP) is 14.9. The zero-order chi connectivity index (χ0) is 32.7. The van der Waals surface area contributed by atoms with Crippen LogP contribution >= 0.6 is 0 Å². The lowest BCUT2D eigenvalue weighted by molar-refractivity contribution is 0.352. The number of hydrogen-bond acceptors (Lipinski definition) is 1. The lowest BCUT2D eigenvalue weighted by Crippen LogP contribution is -2.12. The summed E-state index contributed by atoms with van der Waals surface area (Å²) in [5.74, 6) is 0.976. The molecule has 0 radical (unpaired) electrons. The van der Waals surface area contributed by atoms with Crippen molar-refractivity contribution in [3.63, 3.8) is 0 Å². The number of nitrogens with zero attached hydrogens (tertiary/aromatic N) is 1. The summed E-state index contributed by atoms with van der Waals surface area (Å²) in [6.45, 7) is 5.79. The topological polar surface area (TPSA) is 3.24 Å². The predicted molar refractivity (Wildman–Crippen MR) is 207 cm³/mol. The number of hydrogen-bond donors (Lipinski definition) is 0. The van der Waals surface area contributed by atoms with E-state index in [1.807, 2.05) is 0 Å². The van der Waals surface area contributed by atoms with E-state index in [1.54, 1.807) is 0 Å². The van der Waals surface area contributed by atoms with Gasteiger partial charge in [-0.15, -0.1) is 5.73 Å². The quantitative estimate of drug-likeness (QED) is 0.0386. The summed E-state index contributed by atoms with van der Waals surface area (Å²) in [5, 5.41) is 0. The van der Waals surface area contributed by atoms with Crippen molar-refractivity contribution in [2.75, 3.05) is 20.6 Å². The first-order chi connectivity index (χ1) is 22.2. The van der Waals surface area contributed by atoms with Gasteiger partial charge in [0, 0.05) is 0 Å². The molecule has 0 spiro atoms. The molecule has 1 atom stereocenters. The summed E-state index contributed by atoms with van der Waals surface area (Å²) in [4.78, 5) is 2.33. The highest BCUT2D eigenvalue weighted by atomic mass is 15.0. The van der Waals surface area contributed by atoms with Gasteiger partial charge in [-0.2, -0.15) is 0 Å². The Morgan fingerprint density at radius 1 is 0.422 bits per heavy atom. The van der Waals surface area contributed by atoms with Gasteiger partial charge in [0.1, 0.15) is 0 Å². The molecule has 1 heteroatoms. The molecule has 0 aliphatic carbocycles. The molecule has 0 aromatic heterocycles. The molecule has 1 nitrogen and oxygen atoms in total. The molecule has 0 aliphatic rings. The monoisotopic (exact) mass is 624 g/mol. The first-order valence-electron chi connectivity index (χ1n) is 20.2. The Labute approximate surface area is 285 Å². The molecule has 0 fully saturated rings. The molecular weight excluding hydrogens is 542 g/mol. The van der Waals surface area contributed by atoms with E-state index in [9.17, 15) is 0 Å². The van der Waals surface area contributed by atoms with Gasteiger partial charge in [0.2, 0.25) is 0 Å². The van der Waals surface area contributed by atoms with E-state index in [2.05, 4.69) is 87.2 Å². The highest BCUT2D eigenvalue weighted by Crippen LogP contribution is 2.24. The fraction of sp³-hybridized carbons (Fsp3) is 0.795. The highest BCUT2D eigenvalue weighted by Gasteiger charge is 2.09. The van der Waals surface area contributed by atoms with Crippen LogP contribution in [0.2, 0.25) is 0 Å². The maximum atomic E-state index is 3.39. The highest BCUT2D eigenvalue weighted by molar-refractivity contribution is 4.94. The van der Waals surface area contributed by atoms with Crippen molar-refractivity contribution in [2.24, 2.45) is 5.92 Å². The van der Waals surface area contributed by atoms with Crippen LogP contribution < -0.4 is 0 Å². The van der Waals surface area contributed by atoms with E-state index in [-0.39, 0.29) is 0 Å². The van der Waals surface area contributed by atoms with Crippen molar-refractivity contribution >= 4 is 0 Å². The first-order valence-corrected chi connectivity index (χ1v) is 20.2. The summed E-state index contributed by atoms with van der Waals surface area (Å²) in [7, 11) is 4.41. The number of rotatable bonds is 35. The van der Waals surface area contributed by atoms with Gasteiger partial charge in [-0.1, -0.05) is 166 Å². The minimum Gasteiger partial charge on any atom is -0.309 e. The third-order valence-electron chi connectivity index (χ3n) is 9.12. The molecule has 262 valence electrons. The molecule has 0 saturated carbocycles. The van der Waals surface area contributed by atoms with E-state index in [4.69, 9.17) is 0 Å². The first kappa shape index (κ1) is 43.7. The maximum Gasteiger partial charge on any atom is -0.00248 e. The number of unbranched alkanes of at least 4 members (excludes halogenated alkanes) is 19. The molecule has 0 amide bonds. The fourth-order valence-corrected chi connectivity index (χ4v) is 6.13. The zero-order valence-corrected chi connectivity index (χ0v) is 31.4. The summed E-state index contributed by atoms with van der Waals surface area (Å²) in [5.41, 5.74) is 3.39. The van der Waals surface area contributed by atoms with Crippen LogP contribution in [-0.4, -0.2) is 25.5 Å². The smallest absolute Gasteiger partial charge is 0.00248 e. The van der Waals surface area contributed by atoms with Crippen LogP contribution in [0.3, 0.4) is 0 Å². The molecule has 0 aromatic carbocycles. The molecule has 0 saturated heterocycles. The summed E-state index contributed by atoms with van der Waals surface area (Å²) in [6.07, 6.45) is 57.9. The molecule has 0 rings (SSSR count). The molecule has 0 bridgehead atoms. The summed E-state index contributed by atoms with van der Waals surface area (Å²) in [6, 6.07) is 0. The van der Waals surface area contributed by atoms with Crippen LogP contribution in [0, 0.1) is 5.92 Å². The lowest BCUT2D eigenvalue weighted by Gasteiger charge is -2.17. The van der Waals surface area contributed by atoms with E-state index in [1.165, 1.54) is 180 Å². The Kier molecular flexibility index (Phi) is 37.8. The van der Waals surface area contributed by atoms with Crippen molar-refractivity contribution in [3.05, 3.63) is 54.3 Å². The van der Waals surface area contributed by atoms with Crippen molar-refractivity contribution in [2.45, 2.75) is 200 Å². The van der Waals surface area contributed by atoms with Gasteiger partial charge in [-0.3, -0.25) is 0 Å². The lowest BCUT2D eigenvalue weighted by atomic mass is 9.89. The normalized spacial score (nSPS) is 12.6. The Hall–Kier alpha value is -1.30. The van der Waals surface area contributed by atoms with E-state index in [0.717, 1.165) is 18.8 Å². The van der Waals surface area contributed by atoms with Gasteiger partial charge in [-0.05, 0) is 109 Å². The van der Waals surface area contributed by atoms with Crippen LogP contribution in [0.1, 0.15) is 200 Å². The molecule has 45 heavy (non-hydrogen) atoms. The molecule has 0 aromatic rings. The Balaban J connectivity index is 3.94. The average Bonchev–Trinajstić information content (AvgIpc) is 3.03. The second kappa shape index (κ2) is 38.9. The second-order valence-electron chi connectivity index (χ2n) is 14.0. The third-order valence-corrected chi connectivity index (χ3v) is 9.12. The van der Waals surface area contributed by atoms with Crippen molar-refractivity contribution < 1.29 is 0 Å². The Bertz CT molecular complexity index is 704. The minimum atomic E-state index is 0.976. The molecule has 0 aliphatic heterocycles. The molecular formula is C44H81N. The largest absolute Gasteiger partial charge is 0.309 e. The van der Waals surface area contributed by atoms with Crippen LogP contribution in [0.5, 0.6) is 0 Å². The van der Waals surface area contributed by atoms with Crippen LogP contribution in [-0.2, 0) is 0 Å². The number of allylic oxidation sites excluding steroid dienone is 7. The third kappa shape index (κ3) is 38.8. The van der Waals surface area contributed by atoms with E-state index < -0.39 is 0 Å². The molecule has 0 heterocycles. The van der Waals surface area contributed by atoms with Crippen LogP contribution in [0.4, 0.5) is 0 Å². The molecule has 0 N–H and O–H groups in total. The average molecular weight is 624 g/mol. The SMILES string of the molecule is CCCCC/C=C\CC=C=CCCCCCCCC(CCCCCCCC/C=C\C/C=C\CCCCC)CCCCCN(C)C. The van der Waals surface area contributed by atoms with Gasteiger partial charge in [-0.25, -0.2) is 0 Å².